The van der Waals surface area contributed by atoms with Crippen molar-refractivity contribution in [2.45, 2.75) is 45.2 Å². The molecule has 0 spiro atoms. The molecule has 0 fully saturated rings. The number of carboxylic acid groups (broad SMARTS) is 1. The number of hydrogen-bond acceptors (Lipinski definition) is 1. The molecule has 3 rings (SSSR count). The van der Waals surface area contributed by atoms with E-state index in [9.17, 15) is 27.5 Å². The summed E-state index contributed by atoms with van der Waals surface area (Å²) >= 11 is 0. The summed E-state index contributed by atoms with van der Waals surface area (Å²) in [6.07, 6.45) is -4.31. The highest BCUT2D eigenvalue weighted by molar-refractivity contribution is 5.79. The summed E-state index contributed by atoms with van der Waals surface area (Å²) in [6, 6.07) is 17.5. The van der Waals surface area contributed by atoms with Crippen LogP contribution in [0.1, 0.15) is 48.4 Å². The van der Waals surface area contributed by atoms with Crippen LogP contribution in [0.3, 0.4) is 0 Å². The molecule has 0 saturated heterocycles. The van der Waals surface area contributed by atoms with E-state index in [0.717, 1.165) is 0 Å². The van der Waals surface area contributed by atoms with Gasteiger partial charge in [-0.25, -0.2) is 4.39 Å². The van der Waals surface area contributed by atoms with Crippen LogP contribution in [0.5, 0.6) is 0 Å². The Bertz CT molecular complexity index is 1090. The summed E-state index contributed by atoms with van der Waals surface area (Å²) in [5, 5.41) is 9.85. The summed E-state index contributed by atoms with van der Waals surface area (Å²) in [6.45, 7) is 3.58. The zero-order valence-electron chi connectivity index (χ0n) is 18.5. The molecule has 0 aliphatic heterocycles. The van der Waals surface area contributed by atoms with Crippen molar-refractivity contribution in [3.8, 4) is 11.1 Å². The van der Waals surface area contributed by atoms with Gasteiger partial charge in [-0.05, 0) is 71.2 Å². The predicted molar refractivity (Wildman–Crippen MR) is 121 cm³/mol. The third kappa shape index (κ3) is 6.21. The number of halogens is 4. The van der Waals surface area contributed by atoms with Gasteiger partial charge in [-0.15, -0.1) is 0 Å². The first kappa shape index (κ1) is 24.5. The van der Waals surface area contributed by atoms with Gasteiger partial charge in [0.2, 0.25) is 0 Å². The highest BCUT2D eigenvalue weighted by Crippen LogP contribution is 2.42. The molecule has 0 aliphatic rings. The summed E-state index contributed by atoms with van der Waals surface area (Å²) < 4.78 is 56.2. The van der Waals surface area contributed by atoms with Gasteiger partial charge in [0, 0.05) is 0 Å². The minimum absolute atomic E-state index is 0.0400. The monoisotopic (exact) mass is 458 g/mol. The van der Waals surface area contributed by atoms with Crippen molar-refractivity contribution < 1.29 is 27.5 Å². The van der Waals surface area contributed by atoms with Gasteiger partial charge in [0.25, 0.3) is 0 Å². The molecule has 0 saturated carbocycles. The van der Waals surface area contributed by atoms with Crippen molar-refractivity contribution in [2.24, 2.45) is 5.92 Å². The summed E-state index contributed by atoms with van der Waals surface area (Å²) in [5.74, 6) is -3.07. The summed E-state index contributed by atoms with van der Waals surface area (Å²) in [4.78, 5) is 12.1. The second-order valence-electron chi connectivity index (χ2n) is 8.61. The fourth-order valence-corrected chi connectivity index (χ4v) is 4.10. The second kappa shape index (κ2) is 10.2. The first-order chi connectivity index (χ1) is 15.6. The molecule has 0 heterocycles. The average Bonchev–Trinajstić information content (AvgIpc) is 2.76. The number of alkyl halides is 3. The molecular formula is C27H26F4O2. The lowest BCUT2D eigenvalue weighted by Gasteiger charge is -2.24. The third-order valence-corrected chi connectivity index (χ3v) is 5.62. The fraction of sp³-hybridized carbons (Fsp3) is 0.296. The Morgan fingerprint density at radius 2 is 1.55 bits per heavy atom. The van der Waals surface area contributed by atoms with Gasteiger partial charge in [0.15, 0.2) is 0 Å². The highest BCUT2D eigenvalue weighted by atomic mass is 19.4. The Morgan fingerprint density at radius 3 is 2.09 bits per heavy atom. The number of carboxylic acids is 1. The molecule has 0 amide bonds. The molecule has 2 nitrogen and oxygen atoms in total. The second-order valence-corrected chi connectivity index (χ2v) is 8.61. The lowest BCUT2D eigenvalue weighted by molar-refractivity contribution is -0.142. The maximum atomic E-state index is 14.3. The van der Waals surface area contributed by atoms with Crippen molar-refractivity contribution in [1.82, 2.24) is 0 Å². The van der Waals surface area contributed by atoms with E-state index in [1.54, 1.807) is 50.2 Å². The van der Waals surface area contributed by atoms with Crippen LogP contribution in [0.4, 0.5) is 17.6 Å². The first-order valence-electron chi connectivity index (χ1n) is 10.8. The highest BCUT2D eigenvalue weighted by Gasteiger charge is 2.40. The van der Waals surface area contributed by atoms with Crippen LogP contribution in [-0.4, -0.2) is 11.1 Å². The molecule has 33 heavy (non-hydrogen) atoms. The quantitative estimate of drug-likeness (QED) is 0.355. The Hall–Kier alpha value is -3.15. The molecule has 1 unspecified atom stereocenters. The van der Waals surface area contributed by atoms with Gasteiger partial charge in [-0.3, -0.25) is 4.79 Å². The SMILES string of the molecule is CC(C)CC(C(=O)O)c1cc(-c2ccccc2)cc(CCc2ccc(F)cc2)c1C(F)(F)F. The number of benzene rings is 3. The Morgan fingerprint density at radius 1 is 0.909 bits per heavy atom. The Labute approximate surface area is 190 Å². The molecule has 174 valence electrons. The van der Waals surface area contributed by atoms with E-state index in [-0.39, 0.29) is 36.3 Å². The lowest BCUT2D eigenvalue weighted by Crippen LogP contribution is -2.21. The van der Waals surface area contributed by atoms with E-state index in [1.165, 1.54) is 24.3 Å². The topological polar surface area (TPSA) is 37.3 Å². The number of rotatable bonds is 8. The smallest absolute Gasteiger partial charge is 0.416 e. The zero-order chi connectivity index (χ0) is 24.2. The van der Waals surface area contributed by atoms with E-state index < -0.39 is 29.4 Å². The van der Waals surface area contributed by atoms with E-state index in [2.05, 4.69) is 0 Å². The van der Waals surface area contributed by atoms with Gasteiger partial charge < -0.3 is 5.11 Å². The molecule has 0 aliphatic carbocycles. The van der Waals surface area contributed by atoms with Crippen molar-refractivity contribution in [3.05, 3.63) is 94.8 Å². The van der Waals surface area contributed by atoms with Crippen LogP contribution >= 0.6 is 0 Å². The van der Waals surface area contributed by atoms with Gasteiger partial charge in [0.1, 0.15) is 5.82 Å². The summed E-state index contributed by atoms with van der Waals surface area (Å²) in [7, 11) is 0. The van der Waals surface area contributed by atoms with Crippen molar-refractivity contribution in [1.29, 1.82) is 0 Å². The van der Waals surface area contributed by atoms with Crippen LogP contribution in [0.25, 0.3) is 11.1 Å². The van der Waals surface area contributed by atoms with E-state index >= 15 is 0 Å². The van der Waals surface area contributed by atoms with Crippen molar-refractivity contribution in [3.63, 3.8) is 0 Å². The van der Waals surface area contributed by atoms with E-state index in [4.69, 9.17) is 0 Å². The fourth-order valence-electron chi connectivity index (χ4n) is 4.10. The standard InChI is InChI=1S/C27H26F4O2/c1-17(2)14-24(26(32)33)23-16-21(19-6-4-3-5-7-19)15-20(25(23)27(29,30)31)11-8-18-9-12-22(28)13-10-18/h3-7,9-10,12-13,15-17,24H,8,11,14H2,1-2H3,(H,32,33). The molecular weight excluding hydrogens is 432 g/mol. The zero-order valence-corrected chi connectivity index (χ0v) is 18.5. The largest absolute Gasteiger partial charge is 0.481 e. The number of aryl methyl sites for hydroxylation is 2. The van der Waals surface area contributed by atoms with Crippen LogP contribution in [0, 0.1) is 11.7 Å². The summed E-state index contributed by atoms with van der Waals surface area (Å²) in [5.41, 5.74) is 0.912. The average molecular weight is 458 g/mol. The normalized spacial score (nSPS) is 12.7. The predicted octanol–water partition coefficient (Wildman–Crippen LogP) is 7.51. The van der Waals surface area contributed by atoms with E-state index in [1.807, 2.05) is 6.07 Å². The molecule has 0 radical (unpaired) electrons. The number of carbonyl (C=O) groups is 1. The minimum Gasteiger partial charge on any atom is -0.481 e. The molecule has 3 aromatic rings. The van der Waals surface area contributed by atoms with Gasteiger partial charge in [-0.1, -0.05) is 62.4 Å². The number of aliphatic carboxylic acids is 1. The molecule has 0 aromatic heterocycles. The van der Waals surface area contributed by atoms with Crippen LogP contribution < -0.4 is 0 Å². The molecule has 6 heteroatoms. The van der Waals surface area contributed by atoms with Crippen molar-refractivity contribution >= 4 is 5.97 Å². The lowest BCUT2D eigenvalue weighted by atomic mass is 9.82. The Kier molecular flexibility index (Phi) is 7.57. The van der Waals surface area contributed by atoms with Crippen LogP contribution in [-0.2, 0) is 23.8 Å². The van der Waals surface area contributed by atoms with Gasteiger partial charge in [0.05, 0.1) is 11.5 Å². The molecule has 3 aromatic carbocycles. The maximum absolute atomic E-state index is 14.3. The van der Waals surface area contributed by atoms with Crippen LogP contribution in [0.2, 0.25) is 0 Å². The minimum atomic E-state index is -4.71. The maximum Gasteiger partial charge on any atom is 0.416 e. The molecule has 1 atom stereocenters. The van der Waals surface area contributed by atoms with E-state index in [0.29, 0.717) is 16.7 Å². The van der Waals surface area contributed by atoms with Gasteiger partial charge in [-0.2, -0.15) is 13.2 Å². The molecule has 0 bridgehead atoms. The number of hydrogen-bond donors (Lipinski definition) is 1. The first-order valence-corrected chi connectivity index (χ1v) is 10.8. The Balaban J connectivity index is 2.19. The van der Waals surface area contributed by atoms with Gasteiger partial charge >= 0.3 is 12.1 Å². The van der Waals surface area contributed by atoms with Crippen LogP contribution in [0.15, 0.2) is 66.7 Å². The van der Waals surface area contributed by atoms with Crippen molar-refractivity contribution in [2.75, 3.05) is 0 Å². The third-order valence-electron chi connectivity index (χ3n) is 5.62. The molecule has 1 N–H and O–H groups in total.